The number of nitrogens with one attached hydrogen (secondary N) is 4. The number of imide groups is 2. The predicted molar refractivity (Wildman–Crippen MR) is 219 cm³/mol. The van der Waals surface area contributed by atoms with E-state index in [1.54, 1.807) is 29.1 Å². The molecule has 0 bridgehead atoms. The van der Waals surface area contributed by atoms with Gasteiger partial charge in [0, 0.05) is 54.7 Å². The minimum atomic E-state index is -2.86. The lowest BCUT2D eigenvalue weighted by Crippen LogP contribution is -2.54. The quantitative estimate of drug-likeness (QED) is 0.148. The Hall–Kier alpha value is -5.62. The van der Waals surface area contributed by atoms with E-state index in [-0.39, 0.29) is 53.2 Å². The molecular formula is C43H51F2N11O5. The van der Waals surface area contributed by atoms with Crippen molar-refractivity contribution < 1.29 is 32.8 Å². The van der Waals surface area contributed by atoms with Gasteiger partial charge in [0.05, 0.1) is 29.1 Å². The zero-order chi connectivity index (χ0) is 42.4. The molecule has 4 fully saturated rings. The van der Waals surface area contributed by atoms with Gasteiger partial charge in [-0.2, -0.15) is 10.2 Å². The number of piperidine rings is 2. The molecule has 1 atom stereocenters. The molecule has 322 valence electrons. The summed E-state index contributed by atoms with van der Waals surface area (Å²) in [5, 5.41) is 20.4. The molecule has 3 aromatic heterocycles. The molecular weight excluding hydrogens is 789 g/mol. The molecule has 3 aliphatic heterocycles. The summed E-state index contributed by atoms with van der Waals surface area (Å²) in [6, 6.07) is 6.48. The number of nitrogens with zero attached hydrogens (tertiary/aromatic N) is 7. The number of rotatable bonds is 11. The van der Waals surface area contributed by atoms with E-state index in [0.29, 0.717) is 23.3 Å². The first-order valence-electron chi connectivity index (χ1n) is 21.6. The number of benzene rings is 1. The smallest absolute Gasteiger partial charge is 0.284 e. The lowest BCUT2D eigenvalue weighted by atomic mass is 9.84. The van der Waals surface area contributed by atoms with Gasteiger partial charge in [-0.3, -0.25) is 38.9 Å². The van der Waals surface area contributed by atoms with Crippen LogP contribution in [0.15, 0.2) is 42.9 Å². The highest BCUT2D eigenvalue weighted by molar-refractivity contribution is 6.25. The van der Waals surface area contributed by atoms with E-state index >= 15 is 0 Å². The second-order valence-electron chi connectivity index (χ2n) is 17.3. The molecule has 6 heterocycles. The number of alkyl halides is 2. The summed E-state index contributed by atoms with van der Waals surface area (Å²) in [7, 11) is 2.16. The Morgan fingerprint density at radius 3 is 2.44 bits per heavy atom. The highest BCUT2D eigenvalue weighted by Crippen LogP contribution is 2.38. The molecule has 1 unspecified atom stereocenters. The first kappa shape index (κ1) is 40.8. The minimum Gasteiger partial charge on any atom is -0.382 e. The fourth-order valence-corrected chi connectivity index (χ4v) is 10.1. The van der Waals surface area contributed by atoms with Crippen LogP contribution in [0.5, 0.6) is 0 Å². The van der Waals surface area contributed by atoms with Crippen molar-refractivity contribution in [3.05, 3.63) is 70.9 Å². The van der Waals surface area contributed by atoms with Crippen molar-refractivity contribution in [3.63, 3.8) is 0 Å². The van der Waals surface area contributed by atoms with E-state index in [4.69, 9.17) is 4.98 Å². The molecule has 9 rings (SSSR count). The van der Waals surface area contributed by atoms with Gasteiger partial charge in [0.25, 0.3) is 24.1 Å². The molecule has 2 saturated heterocycles. The Balaban J connectivity index is 0.767. The third-order valence-corrected chi connectivity index (χ3v) is 13.5. The fraction of sp³-hybridized carbons (Fsp3) is 0.535. The second-order valence-corrected chi connectivity index (χ2v) is 17.3. The predicted octanol–water partition coefficient (Wildman–Crippen LogP) is 5.07. The summed E-state index contributed by atoms with van der Waals surface area (Å²) in [4.78, 5) is 72.8. The van der Waals surface area contributed by atoms with Gasteiger partial charge in [0.15, 0.2) is 11.3 Å². The topological polar surface area (TPSA) is 188 Å². The van der Waals surface area contributed by atoms with E-state index < -0.39 is 47.7 Å². The minimum absolute atomic E-state index is 0.00764. The van der Waals surface area contributed by atoms with Crippen molar-refractivity contribution in [1.82, 2.24) is 44.8 Å². The Morgan fingerprint density at radius 1 is 0.934 bits per heavy atom. The van der Waals surface area contributed by atoms with Crippen molar-refractivity contribution in [2.45, 2.75) is 114 Å². The summed E-state index contributed by atoms with van der Waals surface area (Å²) in [5.74, 6) is -1.92. The Bertz CT molecular complexity index is 2340. The monoisotopic (exact) mass is 839 g/mol. The number of fused-ring (bicyclic) bond motifs is 2. The van der Waals surface area contributed by atoms with Gasteiger partial charge in [-0.15, -0.1) is 0 Å². The molecule has 1 aromatic carbocycles. The first-order chi connectivity index (χ1) is 29.5. The molecule has 2 aliphatic carbocycles. The van der Waals surface area contributed by atoms with Crippen molar-refractivity contribution >= 4 is 46.6 Å². The maximum absolute atomic E-state index is 14.3. The summed E-state index contributed by atoms with van der Waals surface area (Å²) >= 11 is 0. The molecule has 5 amide bonds. The van der Waals surface area contributed by atoms with Crippen LogP contribution in [0.4, 0.5) is 20.2 Å². The average Bonchev–Trinajstić information content (AvgIpc) is 3.96. The van der Waals surface area contributed by atoms with Crippen molar-refractivity contribution in [2.24, 2.45) is 5.92 Å². The molecule has 16 nitrogen and oxygen atoms in total. The standard InChI is InChI=1S/C43H51F2N11O5/c1-53(27-11-7-26(8-12-27)48-32-4-2-3-29-36(32)43(61)56(42(29)60)34-13-14-35(57)51-41(34)59)22-24-5-9-28(10-6-24)55-23-33(37(52-55)38(44)45)50-40(58)30-21-47-54-20-17-31(49-39(30)54)25-15-18-46-19-16-25/h2-4,17,20-21,23-28,34,38,46,48H,5-16,18-19,22H2,1H3,(H,50,58)(H,51,57,59)/t24?,26-,27-,28?,34?. The number of anilines is 2. The zero-order valence-electron chi connectivity index (χ0n) is 34.1. The number of carbonyl (C=O) groups is 5. The lowest BCUT2D eigenvalue weighted by molar-refractivity contribution is -0.136. The molecule has 4 N–H and O–H groups in total. The van der Waals surface area contributed by atoms with Gasteiger partial charge >= 0.3 is 0 Å². The van der Waals surface area contributed by atoms with E-state index in [1.807, 2.05) is 6.07 Å². The van der Waals surface area contributed by atoms with Crippen molar-refractivity contribution in [2.75, 3.05) is 37.3 Å². The van der Waals surface area contributed by atoms with Crippen LogP contribution < -0.4 is 21.3 Å². The third-order valence-electron chi connectivity index (χ3n) is 13.5. The van der Waals surface area contributed by atoms with E-state index in [9.17, 15) is 32.8 Å². The van der Waals surface area contributed by atoms with Crippen LogP contribution in [-0.2, 0) is 9.59 Å². The van der Waals surface area contributed by atoms with E-state index in [2.05, 4.69) is 43.4 Å². The van der Waals surface area contributed by atoms with E-state index in [1.165, 1.54) is 16.9 Å². The van der Waals surface area contributed by atoms with Crippen molar-refractivity contribution in [1.29, 1.82) is 0 Å². The lowest BCUT2D eigenvalue weighted by Gasteiger charge is -2.38. The van der Waals surface area contributed by atoms with Crippen LogP contribution in [0.1, 0.15) is 138 Å². The van der Waals surface area contributed by atoms with E-state index in [0.717, 1.165) is 94.4 Å². The molecule has 61 heavy (non-hydrogen) atoms. The summed E-state index contributed by atoms with van der Waals surface area (Å²) < 4.78 is 31.7. The SMILES string of the molecule is CN(CC1CCC(n2cc(NC(=O)c3cnn4ccc(C5CCNCC5)nc34)c(C(F)F)n2)CC1)[C@H]1CC[C@H](Nc2cccc3c2C(=O)N(C2CCC(=O)NC2=O)C3=O)CC1. The Morgan fingerprint density at radius 2 is 1.70 bits per heavy atom. The summed E-state index contributed by atoms with van der Waals surface area (Å²) in [6.07, 6.45) is 11.0. The summed E-state index contributed by atoms with van der Waals surface area (Å²) in [5.41, 5.74) is 2.15. The van der Waals surface area contributed by atoms with Crippen LogP contribution in [0, 0.1) is 5.92 Å². The van der Waals surface area contributed by atoms with Gasteiger partial charge < -0.3 is 20.9 Å². The highest BCUT2D eigenvalue weighted by atomic mass is 19.3. The molecule has 2 saturated carbocycles. The number of carbonyl (C=O) groups excluding carboxylic acids is 5. The van der Waals surface area contributed by atoms with Gasteiger partial charge in [0.2, 0.25) is 11.8 Å². The van der Waals surface area contributed by atoms with Crippen LogP contribution in [0.3, 0.4) is 0 Å². The van der Waals surface area contributed by atoms with Crippen LogP contribution in [-0.4, -0.2) is 109 Å². The van der Waals surface area contributed by atoms with Crippen LogP contribution in [0.25, 0.3) is 5.65 Å². The highest BCUT2D eigenvalue weighted by Gasteiger charge is 2.46. The maximum Gasteiger partial charge on any atom is 0.284 e. The number of hydrogen-bond acceptors (Lipinski definition) is 11. The third kappa shape index (κ3) is 8.14. The first-order valence-corrected chi connectivity index (χ1v) is 21.6. The summed E-state index contributed by atoms with van der Waals surface area (Å²) in [6.45, 7) is 2.72. The van der Waals surface area contributed by atoms with Gasteiger partial charge in [-0.05, 0) is 115 Å². The van der Waals surface area contributed by atoms with Gasteiger partial charge in [-0.25, -0.2) is 18.3 Å². The molecule has 4 aromatic rings. The second kappa shape index (κ2) is 17.0. The molecule has 5 aliphatic rings. The average molecular weight is 840 g/mol. The zero-order valence-corrected chi connectivity index (χ0v) is 34.1. The number of halogens is 2. The fourth-order valence-electron chi connectivity index (χ4n) is 10.1. The Kier molecular flexibility index (Phi) is 11.4. The molecule has 18 heteroatoms. The van der Waals surface area contributed by atoms with Crippen molar-refractivity contribution in [3.8, 4) is 0 Å². The number of aromatic nitrogens is 5. The largest absolute Gasteiger partial charge is 0.382 e. The normalized spacial score (nSPS) is 25.1. The van der Waals surface area contributed by atoms with Crippen LogP contribution >= 0.6 is 0 Å². The van der Waals surface area contributed by atoms with Crippen LogP contribution in [0.2, 0.25) is 0 Å². The number of amides is 5. The molecule has 0 spiro atoms. The molecule has 0 radical (unpaired) electrons. The van der Waals surface area contributed by atoms with Gasteiger partial charge in [0.1, 0.15) is 11.6 Å². The maximum atomic E-state index is 14.3. The Labute approximate surface area is 351 Å². The van der Waals surface area contributed by atoms with Gasteiger partial charge in [-0.1, -0.05) is 6.07 Å². The number of hydrogen-bond donors (Lipinski definition) is 4.